The lowest BCUT2D eigenvalue weighted by molar-refractivity contribution is -0.383. The van der Waals surface area contributed by atoms with Crippen molar-refractivity contribution in [3.05, 3.63) is 108 Å². The predicted molar refractivity (Wildman–Crippen MR) is 147 cm³/mol. The number of nitriles is 1. The van der Waals surface area contributed by atoms with Gasteiger partial charge in [0.25, 0.3) is 0 Å². The summed E-state index contributed by atoms with van der Waals surface area (Å²) in [5.74, 6) is -1.36. The summed E-state index contributed by atoms with van der Waals surface area (Å²) in [5.41, 5.74) is 0.208. The van der Waals surface area contributed by atoms with Crippen LogP contribution in [0.5, 0.6) is 0 Å². The Labute approximate surface area is 240 Å². The van der Waals surface area contributed by atoms with Gasteiger partial charge in [-0.25, -0.2) is 9.97 Å². The first-order chi connectivity index (χ1) is 18.9. The molecule has 4 rings (SSSR count). The van der Waals surface area contributed by atoms with E-state index < -0.39 is 34.1 Å². The van der Waals surface area contributed by atoms with Crippen molar-refractivity contribution in [1.82, 2.24) is 9.97 Å². The van der Waals surface area contributed by atoms with E-state index in [-0.39, 0.29) is 21.6 Å². The van der Waals surface area contributed by atoms with Gasteiger partial charge in [0, 0.05) is 15.7 Å². The Bertz CT molecular complexity index is 1640. The zero-order valence-corrected chi connectivity index (χ0v) is 22.5. The number of nitrogens with zero attached hydrogens (tertiary/aromatic N) is 4. The monoisotopic (exact) mass is 606 g/mol. The van der Waals surface area contributed by atoms with Gasteiger partial charge in [0.05, 0.1) is 33.2 Å². The first-order valence-electron chi connectivity index (χ1n) is 11.2. The maximum atomic E-state index is 13.2. The Hall–Kier alpha value is -4.11. The molecule has 0 saturated carbocycles. The van der Waals surface area contributed by atoms with E-state index in [9.17, 15) is 28.5 Å². The zero-order valence-electron chi connectivity index (χ0n) is 20.2. The Kier molecular flexibility index (Phi) is 8.34. The molecule has 8 nitrogen and oxygen atoms in total. The van der Waals surface area contributed by atoms with Crippen LogP contribution in [0.4, 0.5) is 41.9 Å². The summed E-state index contributed by atoms with van der Waals surface area (Å²) in [6, 6.07) is 14.6. The average molecular weight is 608 g/mol. The van der Waals surface area contributed by atoms with Crippen LogP contribution in [0.15, 0.2) is 60.9 Å². The Balaban J connectivity index is 1.70. The van der Waals surface area contributed by atoms with E-state index in [1.54, 1.807) is 37.3 Å². The molecule has 0 aliphatic heterocycles. The van der Waals surface area contributed by atoms with Crippen molar-refractivity contribution in [1.29, 1.82) is 5.26 Å². The number of nitrogens with one attached hydrogen (secondary N) is 2. The molecule has 204 valence electrons. The number of hydrogen-bond acceptors (Lipinski definition) is 7. The smallest absolute Gasteiger partial charge is 0.334 e. The molecular formula is C26H16Cl3F3N6O2. The molecular weight excluding hydrogens is 592 g/mol. The fraction of sp³-hybridized carbons (Fsp3) is 0.115. The third kappa shape index (κ3) is 6.20. The number of aryl methyl sites for hydroxylation is 1. The molecule has 2 N–H and O–H groups in total. The summed E-state index contributed by atoms with van der Waals surface area (Å²) in [6.45, 7) is 1.70. The molecule has 14 heteroatoms. The number of hydrogen-bond donors (Lipinski definition) is 2. The van der Waals surface area contributed by atoms with E-state index in [0.29, 0.717) is 27.4 Å². The SMILES string of the molecule is Cc1cc(C(C#N)c2ccc(Cl)cc2)c(Cl)cc1Nc1ncnc(Nc2cc(C(F)(F)F)ccc2Cl)c1[N+](=O)[O-]. The van der Waals surface area contributed by atoms with Gasteiger partial charge in [-0.1, -0.05) is 53.0 Å². The number of anilines is 4. The molecule has 0 radical (unpaired) electrons. The van der Waals surface area contributed by atoms with Crippen LogP contribution in [-0.2, 0) is 6.18 Å². The van der Waals surface area contributed by atoms with Crippen LogP contribution in [0.3, 0.4) is 0 Å². The minimum Gasteiger partial charge on any atom is -0.334 e. The largest absolute Gasteiger partial charge is 0.416 e. The van der Waals surface area contributed by atoms with E-state index >= 15 is 0 Å². The maximum absolute atomic E-state index is 13.2. The molecule has 0 saturated heterocycles. The molecule has 0 bridgehead atoms. The molecule has 3 aromatic carbocycles. The molecule has 1 unspecified atom stereocenters. The highest BCUT2D eigenvalue weighted by molar-refractivity contribution is 6.33. The van der Waals surface area contributed by atoms with Crippen LogP contribution in [-0.4, -0.2) is 14.9 Å². The molecule has 0 spiro atoms. The van der Waals surface area contributed by atoms with Crippen molar-refractivity contribution in [2.24, 2.45) is 0 Å². The average Bonchev–Trinajstić information content (AvgIpc) is 2.89. The minimum atomic E-state index is -4.66. The summed E-state index contributed by atoms with van der Waals surface area (Å²) in [7, 11) is 0. The van der Waals surface area contributed by atoms with Crippen molar-refractivity contribution in [2.45, 2.75) is 19.0 Å². The van der Waals surface area contributed by atoms with E-state index in [1.165, 1.54) is 6.07 Å². The van der Waals surface area contributed by atoms with Gasteiger partial charge in [-0.3, -0.25) is 10.1 Å². The van der Waals surface area contributed by atoms with Crippen LogP contribution in [0, 0.1) is 28.4 Å². The molecule has 0 amide bonds. The second kappa shape index (κ2) is 11.6. The minimum absolute atomic E-state index is 0.110. The molecule has 0 aliphatic carbocycles. The van der Waals surface area contributed by atoms with Gasteiger partial charge in [-0.05, 0) is 60.0 Å². The highest BCUT2D eigenvalue weighted by Gasteiger charge is 2.32. The number of nitro groups is 1. The van der Waals surface area contributed by atoms with Gasteiger partial charge in [0.15, 0.2) is 0 Å². The van der Waals surface area contributed by atoms with E-state index in [2.05, 4.69) is 26.7 Å². The second-order valence-corrected chi connectivity index (χ2v) is 9.67. The Morgan fingerprint density at radius 2 is 1.57 bits per heavy atom. The molecule has 1 heterocycles. The van der Waals surface area contributed by atoms with E-state index in [0.717, 1.165) is 24.5 Å². The van der Waals surface area contributed by atoms with Crippen molar-refractivity contribution in [3.63, 3.8) is 0 Å². The highest BCUT2D eigenvalue weighted by atomic mass is 35.5. The summed E-state index contributed by atoms with van der Waals surface area (Å²) >= 11 is 18.5. The summed E-state index contributed by atoms with van der Waals surface area (Å²) in [4.78, 5) is 19.0. The van der Waals surface area contributed by atoms with Crippen molar-refractivity contribution in [3.8, 4) is 6.07 Å². The summed E-state index contributed by atoms with van der Waals surface area (Å²) in [6.07, 6.45) is -3.66. The first-order valence-corrected chi connectivity index (χ1v) is 12.4. The normalized spacial score (nSPS) is 11.9. The number of benzene rings is 3. The van der Waals surface area contributed by atoms with Gasteiger partial charge >= 0.3 is 11.9 Å². The van der Waals surface area contributed by atoms with Crippen LogP contribution in [0.2, 0.25) is 15.1 Å². The molecule has 0 aliphatic rings. The van der Waals surface area contributed by atoms with Gasteiger partial charge in [0.2, 0.25) is 11.6 Å². The maximum Gasteiger partial charge on any atom is 0.416 e. The van der Waals surface area contributed by atoms with Gasteiger partial charge in [-0.2, -0.15) is 18.4 Å². The van der Waals surface area contributed by atoms with Crippen LogP contribution in [0.25, 0.3) is 0 Å². The molecule has 1 atom stereocenters. The third-order valence-electron chi connectivity index (χ3n) is 5.79. The number of halogens is 6. The van der Waals surface area contributed by atoms with Gasteiger partial charge < -0.3 is 10.6 Å². The van der Waals surface area contributed by atoms with Crippen molar-refractivity contribution in [2.75, 3.05) is 10.6 Å². The summed E-state index contributed by atoms with van der Waals surface area (Å²) < 4.78 is 39.6. The Morgan fingerprint density at radius 3 is 2.15 bits per heavy atom. The second-order valence-electron chi connectivity index (χ2n) is 8.42. The Morgan fingerprint density at radius 1 is 0.950 bits per heavy atom. The van der Waals surface area contributed by atoms with E-state index in [4.69, 9.17) is 34.8 Å². The number of aromatic nitrogens is 2. The number of rotatable bonds is 7. The molecule has 1 aromatic heterocycles. The molecule has 4 aromatic rings. The quantitative estimate of drug-likeness (QED) is 0.159. The van der Waals surface area contributed by atoms with Crippen LogP contribution < -0.4 is 10.6 Å². The lowest BCUT2D eigenvalue weighted by atomic mass is 9.91. The first kappa shape index (κ1) is 28.9. The fourth-order valence-electron chi connectivity index (χ4n) is 3.83. The van der Waals surface area contributed by atoms with Crippen molar-refractivity contribution >= 4 is 63.5 Å². The standard InChI is InChI=1S/C26H16Cl3F3N6O2/c1-13-8-17(18(11-33)14-2-5-16(27)6-3-14)20(29)10-21(13)36-24-23(38(39)40)25(35-12-34-24)37-22-9-15(26(30,31)32)4-7-19(22)28/h2-10,12,18H,1H3,(H2,34,35,36,37). The van der Waals surface area contributed by atoms with Crippen LogP contribution in [0.1, 0.15) is 28.2 Å². The van der Waals surface area contributed by atoms with Gasteiger partial charge in [0.1, 0.15) is 6.33 Å². The van der Waals surface area contributed by atoms with E-state index in [1.807, 2.05) is 0 Å². The topological polar surface area (TPSA) is 117 Å². The lowest BCUT2D eigenvalue weighted by Gasteiger charge is -2.17. The highest BCUT2D eigenvalue weighted by Crippen LogP contribution is 2.40. The van der Waals surface area contributed by atoms with Crippen LogP contribution >= 0.6 is 34.8 Å². The number of alkyl halides is 3. The zero-order chi connectivity index (χ0) is 29.2. The summed E-state index contributed by atoms with van der Waals surface area (Å²) in [5, 5.41) is 27.8. The third-order valence-corrected chi connectivity index (χ3v) is 6.70. The molecule has 40 heavy (non-hydrogen) atoms. The lowest BCUT2D eigenvalue weighted by Crippen LogP contribution is -2.08. The predicted octanol–water partition coefficient (Wildman–Crippen LogP) is 8.81. The van der Waals surface area contributed by atoms with Crippen molar-refractivity contribution < 1.29 is 18.1 Å². The van der Waals surface area contributed by atoms with Gasteiger partial charge in [-0.15, -0.1) is 0 Å². The molecule has 0 fully saturated rings. The fourth-order valence-corrected chi connectivity index (χ4v) is 4.39.